The minimum absolute atomic E-state index is 0.201. The number of nitrogens with zero attached hydrogens (tertiary/aromatic N) is 6. The molecule has 0 saturated heterocycles. The van der Waals surface area contributed by atoms with Crippen LogP contribution in [0.4, 0.5) is 11.4 Å². The zero-order chi connectivity index (χ0) is 34.1. The number of nitrogens with two attached hydrogens (primary N) is 6. The van der Waals surface area contributed by atoms with E-state index >= 15 is 0 Å². The predicted molar refractivity (Wildman–Crippen MR) is 183 cm³/mol. The summed E-state index contributed by atoms with van der Waals surface area (Å²) in [6.07, 6.45) is 1.03. The Balaban J connectivity index is 1.86. The Hall–Kier alpha value is -6.13. The van der Waals surface area contributed by atoms with Crippen LogP contribution in [0.1, 0.15) is 62.8 Å². The highest BCUT2D eigenvalue weighted by Gasteiger charge is 2.41. The quantitative estimate of drug-likeness (QED) is 0.0963. The number of carbonyl (C=O) groups is 2. The Morgan fingerprint density at radius 1 is 0.565 bits per heavy atom. The molecule has 2 unspecified atom stereocenters. The second kappa shape index (κ2) is 15.0. The molecular formula is C29H39N15O2. The van der Waals surface area contributed by atoms with E-state index in [0.29, 0.717) is 63.6 Å². The molecule has 1 aliphatic carbocycles. The van der Waals surface area contributed by atoms with Crippen LogP contribution in [0.25, 0.3) is 0 Å². The van der Waals surface area contributed by atoms with Crippen LogP contribution in [-0.2, 0) is 9.59 Å². The van der Waals surface area contributed by atoms with Crippen LogP contribution in [-0.4, -0.2) is 52.5 Å². The lowest BCUT2D eigenvalue weighted by atomic mass is 9.72. The van der Waals surface area contributed by atoms with Crippen molar-refractivity contribution < 1.29 is 9.59 Å². The van der Waals surface area contributed by atoms with Gasteiger partial charge in [-0.05, 0) is 82.5 Å². The molecule has 1 saturated carbocycles. The van der Waals surface area contributed by atoms with Crippen molar-refractivity contribution in [2.75, 3.05) is 10.6 Å². The monoisotopic (exact) mass is 629 g/mol. The molecule has 17 heteroatoms. The van der Waals surface area contributed by atoms with Crippen molar-refractivity contribution in [3.05, 3.63) is 58.7 Å². The zero-order valence-corrected chi connectivity index (χ0v) is 26.0. The molecule has 242 valence electrons. The second-order valence-electron chi connectivity index (χ2n) is 10.6. The van der Waals surface area contributed by atoms with Gasteiger partial charge in [0.15, 0.2) is 0 Å². The number of nitrogens with one attached hydrogen (secondary N) is 3. The number of hydrogen-bond donors (Lipinski definition) is 9. The van der Waals surface area contributed by atoms with Gasteiger partial charge in [-0.3, -0.25) is 9.59 Å². The molecule has 0 radical (unpaired) electrons. The average Bonchev–Trinajstić information content (AvgIpc) is 2.96. The van der Waals surface area contributed by atoms with E-state index in [4.69, 9.17) is 39.8 Å². The van der Waals surface area contributed by atoms with Gasteiger partial charge in [0.25, 0.3) is 0 Å². The lowest BCUT2D eigenvalue weighted by Gasteiger charge is -2.34. The van der Waals surface area contributed by atoms with Gasteiger partial charge in [-0.15, -0.1) is 15.3 Å². The number of carbonyl (C=O) groups excluding carboxylic acids is 2. The third-order valence-electron chi connectivity index (χ3n) is 6.98. The minimum Gasteiger partial charge on any atom is -0.369 e. The fraction of sp³-hybridized carbons (Fsp3) is 0.276. The predicted octanol–water partition coefficient (Wildman–Crippen LogP) is 0.670. The van der Waals surface area contributed by atoms with E-state index in [1.165, 1.54) is 0 Å². The van der Waals surface area contributed by atoms with Gasteiger partial charge in [-0.1, -0.05) is 0 Å². The second-order valence-corrected chi connectivity index (χ2v) is 10.6. The molecule has 2 aromatic rings. The SMILES string of the molecule is CC(=N)c1cc(NC(=O)C2CCC2C(=O)Nc2cc(/C(C)=N/N=C(N)N)cc(/C(C)=N/N=C(N)N)c2)cc(/C(C)=N/N=C(N)N)c1. The molecule has 1 aliphatic rings. The lowest BCUT2D eigenvalue weighted by Crippen LogP contribution is -2.43. The van der Waals surface area contributed by atoms with Gasteiger partial charge < -0.3 is 50.4 Å². The van der Waals surface area contributed by atoms with E-state index in [-0.39, 0.29) is 35.4 Å². The van der Waals surface area contributed by atoms with Crippen molar-refractivity contribution in [1.29, 1.82) is 5.41 Å². The molecule has 1 fully saturated rings. The van der Waals surface area contributed by atoms with E-state index in [0.717, 1.165) is 0 Å². The highest BCUT2D eigenvalue weighted by Crippen LogP contribution is 2.36. The van der Waals surface area contributed by atoms with Crippen molar-refractivity contribution in [2.45, 2.75) is 40.5 Å². The van der Waals surface area contributed by atoms with Crippen molar-refractivity contribution in [2.24, 2.45) is 76.8 Å². The first kappa shape index (κ1) is 34.4. The number of rotatable bonds is 11. The van der Waals surface area contributed by atoms with Gasteiger partial charge in [0.1, 0.15) is 0 Å². The summed E-state index contributed by atoms with van der Waals surface area (Å²) in [5.41, 5.74) is 37.3. The summed E-state index contributed by atoms with van der Waals surface area (Å²) < 4.78 is 0. The van der Waals surface area contributed by atoms with Gasteiger partial charge in [-0.25, -0.2) is 0 Å². The van der Waals surface area contributed by atoms with Gasteiger partial charge in [0.05, 0.1) is 17.1 Å². The molecule has 2 atom stereocenters. The zero-order valence-electron chi connectivity index (χ0n) is 26.0. The smallest absolute Gasteiger partial charge is 0.228 e. The van der Waals surface area contributed by atoms with Crippen LogP contribution in [0.3, 0.4) is 0 Å². The topological polar surface area (TPSA) is 312 Å². The van der Waals surface area contributed by atoms with Crippen LogP contribution in [0, 0.1) is 17.2 Å². The highest BCUT2D eigenvalue weighted by atomic mass is 16.2. The van der Waals surface area contributed by atoms with Crippen molar-refractivity contribution in [1.82, 2.24) is 0 Å². The molecule has 0 spiro atoms. The first-order chi connectivity index (χ1) is 21.6. The molecule has 0 heterocycles. The molecular weight excluding hydrogens is 590 g/mol. The standard InChI is InChI=1S/C29H39N15O2/c1-13(30)17-7-18(14(2)39-42-27(31)32)10-21(9-17)37-25(45)23-5-6-24(23)26(46)38-22-11-19(15(3)40-43-28(33)34)8-20(12-22)16(4)41-44-29(35)36/h7-12,23-24,30H,5-6H2,1-4H3,(H,37,45)(H,38,46)(H4,31,32,42)(H4,33,34,43)(H4,35,36,44)/b30-13?,39-14+,40-15+,41-16+. The summed E-state index contributed by atoms with van der Waals surface area (Å²) in [5, 5.41) is 37.0. The number of benzene rings is 2. The van der Waals surface area contributed by atoms with Crippen LogP contribution < -0.4 is 45.0 Å². The summed E-state index contributed by atoms with van der Waals surface area (Å²) >= 11 is 0. The summed E-state index contributed by atoms with van der Waals surface area (Å²) in [6.45, 7) is 6.72. The number of guanidine groups is 3. The minimum atomic E-state index is -0.586. The van der Waals surface area contributed by atoms with E-state index < -0.39 is 11.8 Å². The fourth-order valence-corrected chi connectivity index (χ4v) is 4.41. The van der Waals surface area contributed by atoms with Crippen molar-refractivity contribution in [3.8, 4) is 0 Å². The summed E-state index contributed by atoms with van der Waals surface area (Å²) in [5.74, 6) is -2.46. The molecule has 3 rings (SSSR count). The normalized spacial score (nSPS) is 16.4. The lowest BCUT2D eigenvalue weighted by molar-refractivity contribution is -0.134. The average molecular weight is 630 g/mol. The van der Waals surface area contributed by atoms with Gasteiger partial charge >= 0.3 is 0 Å². The summed E-state index contributed by atoms with van der Waals surface area (Å²) in [4.78, 5) is 26.8. The Bertz CT molecular complexity index is 1650. The van der Waals surface area contributed by atoms with Crippen molar-refractivity contribution in [3.63, 3.8) is 0 Å². The van der Waals surface area contributed by atoms with Gasteiger partial charge in [0.2, 0.25) is 29.7 Å². The third kappa shape index (κ3) is 9.43. The maximum absolute atomic E-state index is 13.4. The fourth-order valence-electron chi connectivity index (χ4n) is 4.41. The van der Waals surface area contributed by atoms with E-state index in [9.17, 15) is 9.59 Å². The van der Waals surface area contributed by atoms with Crippen LogP contribution in [0.2, 0.25) is 0 Å². The molecule has 0 aromatic heterocycles. The molecule has 0 bridgehead atoms. The molecule has 0 aliphatic heterocycles. The largest absolute Gasteiger partial charge is 0.369 e. The molecule has 2 aromatic carbocycles. The number of amides is 2. The van der Waals surface area contributed by atoms with Gasteiger partial charge in [0, 0.05) is 45.6 Å². The molecule has 2 amide bonds. The van der Waals surface area contributed by atoms with E-state index in [1.807, 2.05) is 0 Å². The maximum Gasteiger partial charge on any atom is 0.228 e. The maximum atomic E-state index is 13.4. The van der Waals surface area contributed by atoms with Gasteiger partial charge in [-0.2, -0.15) is 15.3 Å². The van der Waals surface area contributed by atoms with Crippen molar-refractivity contribution >= 4 is 63.9 Å². The Morgan fingerprint density at radius 2 is 0.870 bits per heavy atom. The summed E-state index contributed by atoms with van der Waals surface area (Å²) in [6, 6.07) is 10.3. The Kier molecular flexibility index (Phi) is 11.2. The van der Waals surface area contributed by atoms with E-state index in [2.05, 4.69) is 41.2 Å². The number of hydrogen-bond acceptors (Lipinski definition) is 9. The molecule has 15 N–H and O–H groups in total. The summed E-state index contributed by atoms with van der Waals surface area (Å²) in [7, 11) is 0. The Morgan fingerprint density at radius 3 is 1.15 bits per heavy atom. The first-order valence-corrected chi connectivity index (χ1v) is 14.0. The Labute approximate surface area is 265 Å². The third-order valence-corrected chi connectivity index (χ3v) is 6.98. The highest BCUT2D eigenvalue weighted by molar-refractivity contribution is 6.08. The van der Waals surface area contributed by atoms with E-state index in [1.54, 1.807) is 64.1 Å². The van der Waals surface area contributed by atoms with Crippen LogP contribution >= 0.6 is 0 Å². The van der Waals surface area contributed by atoms with Crippen LogP contribution in [0.5, 0.6) is 0 Å². The molecule has 46 heavy (non-hydrogen) atoms. The van der Waals surface area contributed by atoms with Crippen LogP contribution in [0.15, 0.2) is 67.0 Å². The molecule has 17 nitrogen and oxygen atoms in total. The number of anilines is 2. The first-order valence-electron chi connectivity index (χ1n) is 14.0.